The fourth-order valence-corrected chi connectivity index (χ4v) is 2.57. The second-order valence-corrected chi connectivity index (χ2v) is 5.63. The van der Waals surface area contributed by atoms with Gasteiger partial charge in [-0.05, 0) is 36.2 Å². The van der Waals surface area contributed by atoms with Crippen molar-refractivity contribution in [2.45, 2.75) is 25.5 Å². The smallest absolute Gasteiger partial charge is 0.176 e. The molecule has 4 heteroatoms. The van der Waals surface area contributed by atoms with E-state index in [-0.39, 0.29) is 11.0 Å². The first-order valence-corrected chi connectivity index (χ1v) is 6.65. The predicted octanol–water partition coefficient (Wildman–Crippen LogP) is 4.15. The Morgan fingerprint density at radius 3 is 2.76 bits per heavy atom. The van der Waals surface area contributed by atoms with Gasteiger partial charge in [-0.2, -0.15) is 5.26 Å². The zero-order valence-corrected chi connectivity index (χ0v) is 11.4. The van der Waals surface area contributed by atoms with Crippen molar-refractivity contribution in [3.63, 3.8) is 0 Å². The number of thiocyanates is 1. The van der Waals surface area contributed by atoms with E-state index in [9.17, 15) is 4.79 Å². The molecule has 90 valence electrons. The topological polar surface area (TPSA) is 40.9 Å². The number of benzene rings is 1. The van der Waals surface area contributed by atoms with Gasteiger partial charge in [0.25, 0.3) is 0 Å². The van der Waals surface area contributed by atoms with E-state index in [4.69, 9.17) is 16.9 Å². The van der Waals surface area contributed by atoms with E-state index in [0.29, 0.717) is 22.9 Å². The Bertz CT molecular complexity index is 439. The highest BCUT2D eigenvalue weighted by atomic mass is 35.5. The molecule has 0 aliphatic rings. The van der Waals surface area contributed by atoms with Crippen LogP contribution in [0.2, 0.25) is 5.02 Å². The molecule has 1 aromatic carbocycles. The van der Waals surface area contributed by atoms with Crippen molar-refractivity contribution in [1.82, 2.24) is 0 Å². The molecule has 1 unspecified atom stereocenters. The maximum absolute atomic E-state index is 12.2. The van der Waals surface area contributed by atoms with E-state index in [1.54, 1.807) is 24.3 Å². The standard InChI is InChI=1S/C13H14ClNOS/c1-9(2)6-12(17-8-15)13(16)10-4-3-5-11(14)7-10/h3-5,7,9,12H,6H2,1-2H3. The largest absolute Gasteiger partial charge is 0.293 e. The fraction of sp³-hybridized carbons (Fsp3) is 0.385. The number of hydrogen-bond donors (Lipinski definition) is 0. The number of halogens is 1. The third-order valence-corrected chi connectivity index (χ3v) is 3.31. The molecule has 17 heavy (non-hydrogen) atoms. The van der Waals surface area contributed by atoms with Crippen LogP contribution in [-0.4, -0.2) is 11.0 Å². The van der Waals surface area contributed by atoms with Crippen LogP contribution in [0.1, 0.15) is 30.6 Å². The second kappa shape index (κ2) is 6.68. The van der Waals surface area contributed by atoms with Gasteiger partial charge in [0.15, 0.2) is 5.78 Å². The van der Waals surface area contributed by atoms with E-state index in [1.165, 1.54) is 0 Å². The SMILES string of the molecule is CC(C)CC(SC#N)C(=O)c1cccc(Cl)c1. The van der Waals surface area contributed by atoms with Crippen LogP contribution in [0.5, 0.6) is 0 Å². The zero-order chi connectivity index (χ0) is 12.8. The van der Waals surface area contributed by atoms with Gasteiger partial charge in [-0.15, -0.1) is 0 Å². The maximum Gasteiger partial charge on any atom is 0.176 e. The molecule has 0 bridgehead atoms. The molecular weight excluding hydrogens is 254 g/mol. The van der Waals surface area contributed by atoms with E-state index >= 15 is 0 Å². The Labute approximate surface area is 111 Å². The van der Waals surface area contributed by atoms with Crippen molar-refractivity contribution < 1.29 is 4.79 Å². The number of carbonyl (C=O) groups excluding carboxylic acids is 1. The highest BCUT2D eigenvalue weighted by Crippen LogP contribution is 2.23. The summed E-state index contributed by atoms with van der Waals surface area (Å²) in [5.74, 6) is 0.358. The van der Waals surface area contributed by atoms with E-state index in [0.717, 1.165) is 11.8 Å². The summed E-state index contributed by atoms with van der Waals surface area (Å²) >= 11 is 6.88. The molecule has 2 nitrogen and oxygen atoms in total. The number of carbonyl (C=O) groups is 1. The molecule has 0 heterocycles. The van der Waals surface area contributed by atoms with Gasteiger partial charge in [-0.25, -0.2) is 0 Å². The lowest BCUT2D eigenvalue weighted by Gasteiger charge is -2.14. The Hall–Kier alpha value is -0.980. The first kappa shape index (κ1) is 14.1. The molecule has 1 aromatic rings. The summed E-state index contributed by atoms with van der Waals surface area (Å²) in [6.07, 6.45) is 0.698. The first-order valence-electron chi connectivity index (χ1n) is 5.39. The van der Waals surface area contributed by atoms with Gasteiger partial charge < -0.3 is 0 Å². The average Bonchev–Trinajstić information content (AvgIpc) is 2.27. The van der Waals surface area contributed by atoms with Gasteiger partial charge in [0, 0.05) is 10.6 Å². The summed E-state index contributed by atoms with van der Waals surface area (Å²) in [5, 5.41) is 11.0. The third kappa shape index (κ3) is 4.41. The fourth-order valence-electron chi connectivity index (χ4n) is 1.53. The lowest BCUT2D eigenvalue weighted by Crippen LogP contribution is -2.19. The van der Waals surface area contributed by atoms with Gasteiger partial charge in [0.1, 0.15) is 5.40 Å². The van der Waals surface area contributed by atoms with E-state index < -0.39 is 0 Å². The van der Waals surface area contributed by atoms with Crippen LogP contribution in [0.15, 0.2) is 24.3 Å². The van der Waals surface area contributed by atoms with Gasteiger partial charge >= 0.3 is 0 Å². The minimum atomic E-state index is -0.307. The minimum absolute atomic E-state index is 0.0206. The van der Waals surface area contributed by atoms with Crippen molar-refractivity contribution in [2.24, 2.45) is 5.92 Å². The Morgan fingerprint density at radius 2 is 2.24 bits per heavy atom. The maximum atomic E-state index is 12.2. The van der Waals surface area contributed by atoms with Gasteiger partial charge in [0.05, 0.1) is 5.25 Å². The molecule has 0 aromatic heterocycles. The Balaban J connectivity index is 2.88. The van der Waals surface area contributed by atoms with Crippen molar-refractivity contribution in [3.05, 3.63) is 34.9 Å². The monoisotopic (exact) mass is 267 g/mol. The average molecular weight is 268 g/mol. The van der Waals surface area contributed by atoms with Crippen LogP contribution in [0, 0.1) is 16.6 Å². The van der Waals surface area contributed by atoms with Crippen LogP contribution >= 0.6 is 23.4 Å². The van der Waals surface area contributed by atoms with Crippen molar-refractivity contribution in [2.75, 3.05) is 0 Å². The summed E-state index contributed by atoms with van der Waals surface area (Å²) in [6.45, 7) is 4.08. The molecule has 0 amide bonds. The minimum Gasteiger partial charge on any atom is -0.293 e. The Morgan fingerprint density at radius 1 is 1.53 bits per heavy atom. The predicted molar refractivity (Wildman–Crippen MR) is 72.2 cm³/mol. The number of ketones is 1. The van der Waals surface area contributed by atoms with Crippen LogP contribution in [0.4, 0.5) is 0 Å². The second-order valence-electron chi connectivity index (χ2n) is 4.20. The molecular formula is C13H14ClNOS. The summed E-state index contributed by atoms with van der Waals surface area (Å²) in [5.41, 5.74) is 0.575. The van der Waals surface area contributed by atoms with Crippen LogP contribution in [0.3, 0.4) is 0 Å². The molecule has 0 aliphatic heterocycles. The number of nitrogens with zero attached hydrogens (tertiary/aromatic N) is 1. The molecule has 0 spiro atoms. The third-order valence-electron chi connectivity index (χ3n) is 2.28. The quantitative estimate of drug-likeness (QED) is 0.594. The van der Waals surface area contributed by atoms with E-state index in [1.807, 2.05) is 19.2 Å². The summed E-state index contributed by atoms with van der Waals surface area (Å²) in [6, 6.07) is 6.86. The molecule has 0 saturated carbocycles. The van der Waals surface area contributed by atoms with Gasteiger partial charge in [-0.3, -0.25) is 4.79 Å². The van der Waals surface area contributed by atoms with Crippen LogP contribution < -0.4 is 0 Å². The number of thioether (sulfide) groups is 1. The molecule has 0 saturated heterocycles. The molecule has 0 aliphatic carbocycles. The van der Waals surface area contributed by atoms with Gasteiger partial charge in [-0.1, -0.05) is 37.6 Å². The van der Waals surface area contributed by atoms with E-state index in [2.05, 4.69) is 0 Å². The summed E-state index contributed by atoms with van der Waals surface area (Å²) < 4.78 is 0. The van der Waals surface area contributed by atoms with Crippen LogP contribution in [0.25, 0.3) is 0 Å². The van der Waals surface area contributed by atoms with Crippen molar-refractivity contribution in [3.8, 4) is 5.40 Å². The number of rotatable bonds is 5. The molecule has 1 atom stereocenters. The van der Waals surface area contributed by atoms with Crippen LogP contribution in [-0.2, 0) is 0 Å². The highest BCUT2D eigenvalue weighted by Gasteiger charge is 2.22. The first-order chi connectivity index (χ1) is 8.04. The normalized spacial score (nSPS) is 12.2. The van der Waals surface area contributed by atoms with Crippen molar-refractivity contribution in [1.29, 1.82) is 5.26 Å². The number of nitriles is 1. The number of Topliss-reactive ketones (excluding diaryl/α,β-unsaturated/α-hetero) is 1. The summed E-state index contributed by atoms with van der Waals surface area (Å²) in [4.78, 5) is 12.2. The Kier molecular flexibility index (Phi) is 5.54. The molecule has 0 fully saturated rings. The molecule has 0 radical (unpaired) electrons. The highest BCUT2D eigenvalue weighted by molar-refractivity contribution is 8.05. The van der Waals surface area contributed by atoms with Crippen molar-refractivity contribution >= 4 is 29.1 Å². The number of hydrogen-bond acceptors (Lipinski definition) is 3. The zero-order valence-electron chi connectivity index (χ0n) is 9.81. The lowest BCUT2D eigenvalue weighted by atomic mass is 10.0. The lowest BCUT2D eigenvalue weighted by molar-refractivity contribution is 0.0982. The molecule has 1 rings (SSSR count). The summed E-state index contributed by atoms with van der Waals surface area (Å²) in [7, 11) is 0. The van der Waals surface area contributed by atoms with Gasteiger partial charge in [0.2, 0.25) is 0 Å². The molecule has 0 N–H and O–H groups in total.